The van der Waals surface area contributed by atoms with Crippen LogP contribution in [0.25, 0.3) is 0 Å². The lowest BCUT2D eigenvalue weighted by molar-refractivity contribution is -0.150. The summed E-state index contributed by atoms with van der Waals surface area (Å²) >= 11 is 0. The van der Waals surface area contributed by atoms with Gasteiger partial charge in [0, 0.05) is 18.3 Å². The van der Waals surface area contributed by atoms with Crippen molar-refractivity contribution in [2.24, 2.45) is 5.41 Å². The second-order valence-electron chi connectivity index (χ2n) is 8.97. The van der Waals surface area contributed by atoms with Crippen LogP contribution in [0.15, 0.2) is 24.3 Å². The van der Waals surface area contributed by atoms with Crippen molar-refractivity contribution in [2.45, 2.75) is 51.9 Å². The van der Waals surface area contributed by atoms with E-state index in [1.165, 1.54) is 0 Å². The summed E-state index contributed by atoms with van der Waals surface area (Å²) in [5.41, 5.74) is 1.12. The first-order valence-corrected chi connectivity index (χ1v) is 10.2. The summed E-state index contributed by atoms with van der Waals surface area (Å²) in [5, 5.41) is 18.0. The highest BCUT2D eigenvalue weighted by molar-refractivity contribution is 5.89. The number of nitriles is 1. The molecule has 1 aromatic rings. The van der Waals surface area contributed by atoms with Crippen molar-refractivity contribution in [3.63, 3.8) is 0 Å². The molecule has 1 amide bonds. The fourth-order valence-electron chi connectivity index (χ4n) is 4.50. The molecule has 0 spiro atoms. The lowest BCUT2D eigenvalue weighted by Gasteiger charge is -2.48. The average molecular weight is 415 g/mol. The number of rotatable bonds is 6. The Kier molecular flexibility index (Phi) is 6.64. The molecule has 3 atom stereocenters. The van der Waals surface area contributed by atoms with Gasteiger partial charge in [-0.15, -0.1) is 0 Å². The number of cyclic esters (lactones) is 1. The molecular weight excluding hydrogens is 386 g/mol. The zero-order valence-electron chi connectivity index (χ0n) is 17.7. The van der Waals surface area contributed by atoms with Crippen molar-refractivity contribution in [3.8, 4) is 6.07 Å². The number of anilines is 1. The van der Waals surface area contributed by atoms with Gasteiger partial charge in [-0.3, -0.25) is 9.80 Å². The van der Waals surface area contributed by atoms with Crippen LogP contribution in [0.2, 0.25) is 0 Å². The maximum atomic E-state index is 12.4. The number of carbonyl (C=O) groups excluding carboxylic acids is 1. The molecule has 1 N–H and O–H groups in total. The molecule has 1 aromatic carbocycles. The molecule has 2 fully saturated rings. The van der Waals surface area contributed by atoms with Crippen LogP contribution in [0.1, 0.15) is 39.2 Å². The fourth-order valence-corrected chi connectivity index (χ4v) is 4.50. The maximum absolute atomic E-state index is 12.4. The Bertz CT molecular complexity index is 812. The summed E-state index contributed by atoms with van der Waals surface area (Å²) in [6.45, 7) is 7.90. The van der Waals surface area contributed by atoms with Crippen molar-refractivity contribution in [1.82, 2.24) is 4.90 Å². The van der Waals surface area contributed by atoms with E-state index in [0.717, 1.165) is 19.4 Å². The summed E-state index contributed by atoms with van der Waals surface area (Å²) in [4.78, 5) is 27.3. The van der Waals surface area contributed by atoms with E-state index >= 15 is 0 Å². The molecule has 8 nitrogen and oxygen atoms in total. The molecule has 0 bridgehead atoms. The van der Waals surface area contributed by atoms with E-state index in [9.17, 15) is 9.59 Å². The molecule has 30 heavy (non-hydrogen) atoms. The van der Waals surface area contributed by atoms with Crippen molar-refractivity contribution in [1.29, 1.82) is 5.26 Å². The first-order valence-electron chi connectivity index (χ1n) is 10.2. The standard InChI is InChI=1S/C22H29N3O5/c1-22(2,3)20-18(29-14-19(26)27)5-4-10-24(20)12-17-13-25(21(28)30-17)16-8-6-15(11-23)7-9-16/h6-9,17-18,20H,4-5,10,12-14H2,1-3H3,(H,26,27). The Labute approximate surface area is 177 Å². The lowest BCUT2D eigenvalue weighted by Crippen LogP contribution is -2.57. The van der Waals surface area contributed by atoms with Crippen molar-refractivity contribution >= 4 is 17.7 Å². The average Bonchev–Trinajstić information content (AvgIpc) is 3.05. The number of amides is 1. The third-order valence-electron chi connectivity index (χ3n) is 5.61. The van der Waals surface area contributed by atoms with Gasteiger partial charge in [-0.1, -0.05) is 20.8 Å². The predicted octanol–water partition coefficient (Wildman–Crippen LogP) is 2.86. The third kappa shape index (κ3) is 5.10. The lowest BCUT2D eigenvalue weighted by atomic mass is 9.78. The van der Waals surface area contributed by atoms with Gasteiger partial charge in [0.05, 0.1) is 24.3 Å². The second kappa shape index (κ2) is 9.02. The summed E-state index contributed by atoms with van der Waals surface area (Å²) in [6.07, 6.45) is 0.843. The normalized spacial score (nSPS) is 25.1. The topological polar surface area (TPSA) is 103 Å². The molecule has 162 valence electrons. The van der Waals surface area contributed by atoms with Crippen LogP contribution < -0.4 is 4.90 Å². The van der Waals surface area contributed by atoms with Crippen LogP contribution in [0.5, 0.6) is 0 Å². The molecule has 8 heteroatoms. The van der Waals surface area contributed by atoms with E-state index in [0.29, 0.717) is 24.3 Å². The minimum absolute atomic E-state index is 0.0215. The summed E-state index contributed by atoms with van der Waals surface area (Å²) < 4.78 is 11.4. The van der Waals surface area contributed by atoms with Crippen LogP contribution in [0, 0.1) is 16.7 Å². The van der Waals surface area contributed by atoms with Crippen molar-refractivity contribution < 1.29 is 24.2 Å². The zero-order valence-corrected chi connectivity index (χ0v) is 17.7. The van der Waals surface area contributed by atoms with E-state index in [1.807, 2.05) is 0 Å². The molecule has 0 aromatic heterocycles. The number of carboxylic acid groups (broad SMARTS) is 1. The number of hydrogen-bond acceptors (Lipinski definition) is 6. The fraction of sp³-hybridized carbons (Fsp3) is 0.591. The van der Waals surface area contributed by atoms with Gasteiger partial charge >= 0.3 is 12.1 Å². The highest BCUT2D eigenvalue weighted by Gasteiger charge is 2.43. The highest BCUT2D eigenvalue weighted by atomic mass is 16.6. The molecule has 0 saturated carbocycles. The molecule has 3 unspecified atom stereocenters. The van der Waals surface area contributed by atoms with Crippen molar-refractivity contribution in [2.75, 3.05) is 31.1 Å². The highest BCUT2D eigenvalue weighted by Crippen LogP contribution is 2.34. The maximum Gasteiger partial charge on any atom is 0.414 e. The van der Waals surface area contributed by atoms with Gasteiger partial charge in [-0.25, -0.2) is 9.59 Å². The minimum Gasteiger partial charge on any atom is -0.480 e. The first-order chi connectivity index (χ1) is 14.2. The number of likely N-dealkylation sites (tertiary alicyclic amines) is 1. The van der Waals surface area contributed by atoms with E-state index in [2.05, 4.69) is 31.7 Å². The Morgan fingerprint density at radius 3 is 2.63 bits per heavy atom. The Morgan fingerprint density at radius 2 is 2.03 bits per heavy atom. The van der Waals surface area contributed by atoms with Gasteiger partial charge in [-0.05, 0) is 49.1 Å². The molecule has 2 saturated heterocycles. The van der Waals surface area contributed by atoms with Gasteiger partial charge in [0.2, 0.25) is 0 Å². The van der Waals surface area contributed by atoms with Gasteiger partial charge in [0.1, 0.15) is 12.7 Å². The van der Waals surface area contributed by atoms with Crippen LogP contribution in [-0.4, -0.2) is 66.6 Å². The molecule has 3 rings (SSSR count). The number of ether oxygens (including phenoxy) is 2. The number of piperidine rings is 1. The number of carboxylic acids is 1. The third-order valence-corrected chi connectivity index (χ3v) is 5.61. The van der Waals surface area contributed by atoms with Gasteiger partial charge in [0.25, 0.3) is 0 Å². The monoisotopic (exact) mass is 415 g/mol. The molecule has 2 aliphatic heterocycles. The quantitative estimate of drug-likeness (QED) is 0.762. The van der Waals surface area contributed by atoms with Gasteiger partial charge < -0.3 is 14.6 Å². The Balaban J connectivity index is 1.69. The SMILES string of the molecule is CC(C)(C)C1C(OCC(=O)O)CCCN1CC1CN(c2ccc(C#N)cc2)C(=O)O1. The van der Waals surface area contributed by atoms with E-state index in [-0.39, 0.29) is 30.3 Å². The Hall–Kier alpha value is -2.63. The summed E-state index contributed by atoms with van der Waals surface area (Å²) in [5.74, 6) is -0.970. The first kappa shape index (κ1) is 22.1. The largest absolute Gasteiger partial charge is 0.480 e. The minimum atomic E-state index is -0.970. The predicted molar refractivity (Wildman–Crippen MR) is 110 cm³/mol. The number of hydrogen-bond donors (Lipinski definition) is 1. The molecule has 0 radical (unpaired) electrons. The second-order valence-corrected chi connectivity index (χ2v) is 8.97. The van der Waals surface area contributed by atoms with Crippen molar-refractivity contribution in [3.05, 3.63) is 29.8 Å². The van der Waals surface area contributed by atoms with Crippen LogP contribution in [0.3, 0.4) is 0 Å². The number of benzene rings is 1. The van der Waals surface area contributed by atoms with Gasteiger partial charge in [-0.2, -0.15) is 5.26 Å². The smallest absolute Gasteiger partial charge is 0.414 e. The van der Waals surface area contributed by atoms with E-state index in [1.54, 1.807) is 29.2 Å². The van der Waals surface area contributed by atoms with Crippen LogP contribution >= 0.6 is 0 Å². The Morgan fingerprint density at radius 1 is 1.33 bits per heavy atom. The number of carbonyl (C=O) groups is 2. The number of nitrogens with zero attached hydrogens (tertiary/aromatic N) is 3. The molecule has 2 heterocycles. The van der Waals surface area contributed by atoms with E-state index in [4.69, 9.17) is 19.8 Å². The molecular formula is C22H29N3O5. The van der Waals surface area contributed by atoms with Crippen LogP contribution in [-0.2, 0) is 14.3 Å². The summed E-state index contributed by atoms with van der Waals surface area (Å²) in [7, 11) is 0. The van der Waals surface area contributed by atoms with Crippen LogP contribution in [0.4, 0.5) is 10.5 Å². The molecule has 2 aliphatic rings. The zero-order chi connectivity index (χ0) is 21.9. The number of aliphatic carboxylic acids is 1. The molecule has 0 aliphatic carbocycles. The van der Waals surface area contributed by atoms with Gasteiger partial charge in [0.15, 0.2) is 0 Å². The van der Waals surface area contributed by atoms with E-state index < -0.39 is 12.1 Å². The summed E-state index contributed by atoms with van der Waals surface area (Å²) in [6, 6.07) is 8.95.